The average Bonchev–Trinajstić information content (AvgIpc) is 2.58. The Morgan fingerprint density at radius 1 is 1.30 bits per heavy atom. The molecule has 1 unspecified atom stereocenters. The molecule has 0 aliphatic heterocycles. The lowest BCUT2D eigenvalue weighted by atomic mass is 9.97. The van der Waals surface area contributed by atoms with Crippen LogP contribution in [0.15, 0.2) is 0 Å². The van der Waals surface area contributed by atoms with Crippen molar-refractivity contribution in [3.8, 4) is 6.07 Å². The Balaban J connectivity index is 2.29. The molecule has 0 aromatic heterocycles. The Hall–Kier alpha value is -1.26. The number of carbonyl (C=O) groups excluding carboxylic acids is 2. The van der Waals surface area contributed by atoms with E-state index in [1.807, 2.05) is 6.92 Å². The first-order chi connectivity index (χ1) is 11.1. The number of nitrogens with zero attached hydrogens (tertiary/aromatic N) is 1. The van der Waals surface area contributed by atoms with E-state index < -0.39 is 6.04 Å². The van der Waals surface area contributed by atoms with E-state index in [0.29, 0.717) is 18.1 Å². The van der Waals surface area contributed by atoms with Crippen molar-refractivity contribution < 1.29 is 9.59 Å². The molecule has 130 valence electrons. The number of nitrogens with one attached hydrogen (secondary N) is 3. The van der Waals surface area contributed by atoms with E-state index in [-0.39, 0.29) is 24.3 Å². The minimum absolute atomic E-state index is 0.0898. The van der Waals surface area contributed by atoms with Gasteiger partial charge < -0.3 is 10.6 Å². The first-order valence-corrected chi connectivity index (χ1v) is 9.27. The van der Waals surface area contributed by atoms with Gasteiger partial charge in [0.1, 0.15) is 6.04 Å². The van der Waals surface area contributed by atoms with E-state index in [1.54, 1.807) is 19.0 Å². The van der Waals surface area contributed by atoms with Crippen LogP contribution in [0.2, 0.25) is 0 Å². The van der Waals surface area contributed by atoms with Crippen molar-refractivity contribution in [3.63, 3.8) is 0 Å². The zero-order chi connectivity index (χ0) is 17.1. The lowest BCUT2D eigenvalue weighted by Crippen LogP contribution is -2.41. The molecule has 2 amide bonds. The largest absolute Gasteiger partial charge is 0.359 e. The highest BCUT2D eigenvalue weighted by molar-refractivity contribution is 7.98. The minimum Gasteiger partial charge on any atom is -0.359 e. The molecule has 3 N–H and O–H groups in total. The standard InChI is InChI=1S/C16H28N4O2S/c1-3-12(16(22)18-2)9-13(10-17)20-15(21)11-19-23-14-7-5-4-6-8-14/h12-14,19H,3-9,11H2,1-2H3,(H,18,22)(H,20,21)/t12?,13-/m0/s1. The molecule has 0 aromatic rings. The normalized spacial score (nSPS) is 17.8. The number of nitriles is 1. The Morgan fingerprint density at radius 2 is 2.00 bits per heavy atom. The summed E-state index contributed by atoms with van der Waals surface area (Å²) in [5.74, 6) is -0.547. The van der Waals surface area contributed by atoms with E-state index in [9.17, 15) is 14.9 Å². The number of amides is 2. The lowest BCUT2D eigenvalue weighted by Gasteiger charge is -2.21. The molecule has 0 heterocycles. The first-order valence-electron chi connectivity index (χ1n) is 8.39. The van der Waals surface area contributed by atoms with Crippen molar-refractivity contribution in [1.29, 1.82) is 5.26 Å². The van der Waals surface area contributed by atoms with Crippen molar-refractivity contribution in [2.24, 2.45) is 5.92 Å². The maximum absolute atomic E-state index is 11.9. The van der Waals surface area contributed by atoms with Crippen molar-refractivity contribution in [1.82, 2.24) is 15.4 Å². The lowest BCUT2D eigenvalue weighted by molar-refractivity contribution is -0.125. The zero-order valence-corrected chi connectivity index (χ0v) is 14.9. The third-order valence-electron chi connectivity index (χ3n) is 4.16. The van der Waals surface area contributed by atoms with E-state index in [4.69, 9.17) is 0 Å². The highest BCUT2D eigenvalue weighted by Crippen LogP contribution is 2.26. The Labute approximate surface area is 143 Å². The fourth-order valence-corrected chi connectivity index (χ4v) is 3.76. The molecule has 2 atom stereocenters. The van der Waals surface area contributed by atoms with Gasteiger partial charge in [-0.25, -0.2) is 0 Å². The van der Waals surface area contributed by atoms with Crippen LogP contribution in [0.5, 0.6) is 0 Å². The van der Waals surface area contributed by atoms with Crippen molar-refractivity contribution in [2.75, 3.05) is 13.6 Å². The van der Waals surface area contributed by atoms with Gasteiger partial charge in [0.25, 0.3) is 0 Å². The molecule has 1 saturated carbocycles. The first kappa shape index (κ1) is 19.8. The smallest absolute Gasteiger partial charge is 0.235 e. The molecule has 0 spiro atoms. The summed E-state index contributed by atoms with van der Waals surface area (Å²) in [6, 6.07) is 1.44. The van der Waals surface area contributed by atoms with Crippen LogP contribution < -0.4 is 15.4 Å². The monoisotopic (exact) mass is 340 g/mol. The summed E-state index contributed by atoms with van der Waals surface area (Å²) in [6.45, 7) is 2.09. The van der Waals surface area contributed by atoms with Gasteiger partial charge in [0.05, 0.1) is 12.6 Å². The number of hydrogen-bond donors (Lipinski definition) is 3. The molecule has 6 nitrogen and oxygen atoms in total. The predicted molar refractivity (Wildman–Crippen MR) is 92.5 cm³/mol. The predicted octanol–water partition coefficient (Wildman–Crippen LogP) is 1.73. The Bertz CT molecular complexity index is 419. The fourth-order valence-electron chi connectivity index (χ4n) is 2.75. The average molecular weight is 340 g/mol. The van der Waals surface area contributed by atoms with Crippen LogP contribution in [0.4, 0.5) is 0 Å². The molecule has 1 aliphatic carbocycles. The summed E-state index contributed by atoms with van der Waals surface area (Å²) >= 11 is 1.63. The summed E-state index contributed by atoms with van der Waals surface area (Å²) in [5, 5.41) is 15.1. The summed E-state index contributed by atoms with van der Waals surface area (Å²) < 4.78 is 3.10. The Kier molecular flexibility index (Phi) is 9.72. The minimum atomic E-state index is -0.633. The van der Waals surface area contributed by atoms with Crippen molar-refractivity contribution in [2.45, 2.75) is 63.2 Å². The SMILES string of the molecule is CCC(C[C@@H](C#N)NC(=O)CNSC1CCCCC1)C(=O)NC. The second kappa shape index (κ2) is 11.3. The molecule has 1 rings (SSSR count). The van der Waals surface area contributed by atoms with E-state index in [1.165, 1.54) is 32.1 Å². The van der Waals surface area contributed by atoms with Crippen LogP contribution in [0.3, 0.4) is 0 Å². The highest BCUT2D eigenvalue weighted by Gasteiger charge is 2.22. The highest BCUT2D eigenvalue weighted by atomic mass is 32.2. The third-order valence-corrected chi connectivity index (χ3v) is 5.27. The van der Waals surface area contributed by atoms with Gasteiger partial charge in [-0.3, -0.25) is 14.3 Å². The van der Waals surface area contributed by atoms with Crippen LogP contribution in [-0.4, -0.2) is 36.7 Å². The van der Waals surface area contributed by atoms with Gasteiger partial charge in [0.2, 0.25) is 11.8 Å². The van der Waals surface area contributed by atoms with Crippen LogP contribution in [-0.2, 0) is 9.59 Å². The fraction of sp³-hybridized carbons (Fsp3) is 0.812. The second-order valence-corrected chi connectivity index (χ2v) is 7.09. The van der Waals surface area contributed by atoms with E-state index >= 15 is 0 Å². The molecule has 7 heteroatoms. The van der Waals surface area contributed by atoms with Gasteiger partial charge in [-0.2, -0.15) is 5.26 Å². The van der Waals surface area contributed by atoms with Gasteiger partial charge in [0, 0.05) is 18.2 Å². The zero-order valence-electron chi connectivity index (χ0n) is 14.1. The van der Waals surface area contributed by atoms with Crippen LogP contribution in [0.25, 0.3) is 0 Å². The number of hydrogen-bond acceptors (Lipinski definition) is 5. The summed E-state index contributed by atoms with van der Waals surface area (Å²) in [4.78, 5) is 23.6. The van der Waals surface area contributed by atoms with Gasteiger partial charge in [0.15, 0.2) is 0 Å². The van der Waals surface area contributed by atoms with Gasteiger partial charge in [-0.1, -0.05) is 38.1 Å². The van der Waals surface area contributed by atoms with Gasteiger partial charge >= 0.3 is 0 Å². The maximum Gasteiger partial charge on any atom is 0.235 e. The number of carbonyl (C=O) groups is 2. The topological polar surface area (TPSA) is 94.0 Å². The molecule has 0 radical (unpaired) electrons. The summed E-state index contributed by atoms with van der Waals surface area (Å²) in [5.41, 5.74) is 0. The molecule has 23 heavy (non-hydrogen) atoms. The molecule has 0 aromatic carbocycles. The molecular formula is C16H28N4O2S. The molecule has 1 fully saturated rings. The maximum atomic E-state index is 11.9. The van der Waals surface area contributed by atoms with Crippen molar-refractivity contribution >= 4 is 23.8 Å². The molecule has 1 aliphatic rings. The number of rotatable bonds is 9. The quantitative estimate of drug-likeness (QED) is 0.556. The van der Waals surface area contributed by atoms with Gasteiger partial charge in [-0.05, 0) is 25.7 Å². The second-order valence-electron chi connectivity index (χ2n) is 5.90. The molecule has 0 bridgehead atoms. The van der Waals surface area contributed by atoms with E-state index in [2.05, 4.69) is 21.4 Å². The Morgan fingerprint density at radius 3 is 2.57 bits per heavy atom. The summed E-state index contributed by atoms with van der Waals surface area (Å²) in [6.07, 6.45) is 7.22. The molecule has 0 saturated heterocycles. The molecular weight excluding hydrogens is 312 g/mol. The van der Waals surface area contributed by atoms with Gasteiger partial charge in [-0.15, -0.1) is 0 Å². The van der Waals surface area contributed by atoms with Crippen LogP contribution >= 0.6 is 11.9 Å². The van der Waals surface area contributed by atoms with Crippen LogP contribution in [0, 0.1) is 17.2 Å². The third kappa shape index (κ3) is 7.71. The van der Waals surface area contributed by atoms with Crippen LogP contribution in [0.1, 0.15) is 51.9 Å². The summed E-state index contributed by atoms with van der Waals surface area (Å²) in [7, 11) is 1.58. The van der Waals surface area contributed by atoms with Crippen molar-refractivity contribution in [3.05, 3.63) is 0 Å². The van der Waals surface area contributed by atoms with E-state index in [0.717, 1.165) is 0 Å².